The minimum Gasteiger partial charge on any atom is -0.457 e. The number of rotatable bonds is 4. The molecule has 19 heavy (non-hydrogen) atoms. The quantitative estimate of drug-likeness (QED) is 0.749. The monoisotopic (exact) mass is 280 g/mol. The summed E-state index contributed by atoms with van der Waals surface area (Å²) in [5.74, 6) is -0.839. The molecular formula is C13H13O5P. The van der Waals surface area contributed by atoms with Crippen LogP contribution in [0, 0.1) is 0 Å². The van der Waals surface area contributed by atoms with E-state index in [1.165, 1.54) is 12.1 Å². The molecule has 0 amide bonds. The van der Waals surface area contributed by atoms with Crippen LogP contribution in [-0.4, -0.2) is 14.9 Å². The van der Waals surface area contributed by atoms with Gasteiger partial charge in [-0.1, -0.05) is 30.3 Å². The van der Waals surface area contributed by atoms with Crippen LogP contribution < -0.4 is 4.74 Å². The summed E-state index contributed by atoms with van der Waals surface area (Å²) in [4.78, 5) is 17.9. The summed E-state index contributed by atoms with van der Waals surface area (Å²) >= 11 is 0. The van der Waals surface area contributed by atoms with E-state index in [1.807, 2.05) is 18.2 Å². The Balaban J connectivity index is 2.23. The number of aliphatic hydroxyl groups excluding tert-OH is 1. The second kappa shape index (κ2) is 5.55. The second-order valence-electron chi connectivity index (χ2n) is 3.95. The molecular weight excluding hydrogens is 267 g/mol. The Morgan fingerprint density at radius 3 is 2.21 bits per heavy atom. The van der Waals surface area contributed by atoms with E-state index in [1.54, 1.807) is 24.3 Å². The maximum absolute atomic E-state index is 11.0. The Morgan fingerprint density at radius 1 is 0.947 bits per heavy atom. The van der Waals surface area contributed by atoms with Crippen LogP contribution in [0.1, 0.15) is 11.4 Å². The summed E-state index contributed by atoms with van der Waals surface area (Å²) in [6.45, 7) is 0. The molecule has 2 aromatic carbocycles. The van der Waals surface area contributed by atoms with Gasteiger partial charge in [0.15, 0.2) is 5.85 Å². The number of hydrogen-bond acceptors (Lipinski definition) is 3. The molecule has 0 heterocycles. The van der Waals surface area contributed by atoms with Crippen LogP contribution in [0.4, 0.5) is 0 Å². The zero-order chi connectivity index (χ0) is 13.9. The Morgan fingerprint density at radius 2 is 1.58 bits per heavy atom. The minimum absolute atomic E-state index is 0.113. The summed E-state index contributed by atoms with van der Waals surface area (Å²) < 4.78 is 16.5. The summed E-state index contributed by atoms with van der Waals surface area (Å²) in [7, 11) is -4.58. The van der Waals surface area contributed by atoms with Gasteiger partial charge in [-0.05, 0) is 29.8 Å². The lowest BCUT2D eigenvalue weighted by molar-refractivity contribution is 0.205. The molecule has 0 fully saturated rings. The Bertz CT molecular complexity index is 593. The molecule has 0 aliphatic heterocycles. The van der Waals surface area contributed by atoms with Crippen molar-refractivity contribution in [3.63, 3.8) is 0 Å². The van der Waals surface area contributed by atoms with Crippen LogP contribution in [0.25, 0.3) is 0 Å². The highest BCUT2D eigenvalue weighted by Crippen LogP contribution is 2.50. The van der Waals surface area contributed by atoms with Gasteiger partial charge in [0.1, 0.15) is 11.5 Å². The van der Waals surface area contributed by atoms with Crippen LogP contribution in [-0.2, 0) is 4.57 Å². The van der Waals surface area contributed by atoms with E-state index in [0.717, 1.165) is 0 Å². The third-order valence-electron chi connectivity index (χ3n) is 2.45. The molecule has 0 saturated heterocycles. The smallest absolute Gasteiger partial charge is 0.358 e. The van der Waals surface area contributed by atoms with Crippen LogP contribution in [0.3, 0.4) is 0 Å². The van der Waals surface area contributed by atoms with Crippen LogP contribution in [0.5, 0.6) is 11.5 Å². The molecule has 0 radical (unpaired) electrons. The van der Waals surface area contributed by atoms with Crippen molar-refractivity contribution in [3.8, 4) is 11.5 Å². The first-order valence-electron chi connectivity index (χ1n) is 5.53. The maximum Gasteiger partial charge on any atom is 0.358 e. The summed E-state index contributed by atoms with van der Waals surface area (Å²) in [6, 6.07) is 15.0. The van der Waals surface area contributed by atoms with Gasteiger partial charge in [0.25, 0.3) is 0 Å². The van der Waals surface area contributed by atoms with Gasteiger partial charge in [0.05, 0.1) is 0 Å². The molecule has 0 aliphatic carbocycles. The lowest BCUT2D eigenvalue weighted by Crippen LogP contribution is -1.98. The fourth-order valence-electron chi connectivity index (χ4n) is 1.56. The van der Waals surface area contributed by atoms with Gasteiger partial charge in [0, 0.05) is 0 Å². The van der Waals surface area contributed by atoms with Crippen molar-refractivity contribution in [1.82, 2.24) is 0 Å². The van der Waals surface area contributed by atoms with Gasteiger partial charge in [-0.3, -0.25) is 4.57 Å². The van der Waals surface area contributed by atoms with E-state index in [2.05, 4.69) is 0 Å². The highest BCUT2D eigenvalue weighted by Gasteiger charge is 2.28. The van der Waals surface area contributed by atoms with Crippen LogP contribution in [0.2, 0.25) is 0 Å². The minimum atomic E-state index is -4.58. The van der Waals surface area contributed by atoms with Crippen molar-refractivity contribution in [2.24, 2.45) is 0 Å². The first-order chi connectivity index (χ1) is 8.97. The molecule has 5 nitrogen and oxygen atoms in total. The fourth-order valence-corrected chi connectivity index (χ4v) is 2.11. The van der Waals surface area contributed by atoms with Crippen LogP contribution >= 0.6 is 7.60 Å². The topological polar surface area (TPSA) is 87.0 Å². The van der Waals surface area contributed by atoms with Gasteiger partial charge in [0.2, 0.25) is 0 Å². The van der Waals surface area contributed by atoms with E-state index in [-0.39, 0.29) is 5.56 Å². The van der Waals surface area contributed by atoms with Gasteiger partial charge in [-0.2, -0.15) is 0 Å². The Hall–Kier alpha value is -1.65. The molecule has 0 bridgehead atoms. The normalized spacial score (nSPS) is 13.0. The average Bonchev–Trinajstić information content (AvgIpc) is 2.38. The Labute approximate surface area is 110 Å². The zero-order valence-electron chi connectivity index (χ0n) is 9.88. The highest BCUT2D eigenvalue weighted by atomic mass is 31.2. The molecule has 3 N–H and O–H groups in total. The first kappa shape index (κ1) is 13.8. The molecule has 6 heteroatoms. The lowest BCUT2D eigenvalue weighted by Gasteiger charge is -2.13. The summed E-state index contributed by atoms with van der Waals surface area (Å²) in [5, 5.41) is 9.53. The number of benzene rings is 2. The van der Waals surface area contributed by atoms with E-state index in [0.29, 0.717) is 11.5 Å². The fraction of sp³-hybridized carbons (Fsp3) is 0.0769. The van der Waals surface area contributed by atoms with E-state index in [4.69, 9.17) is 14.5 Å². The molecule has 0 aliphatic rings. The number of hydrogen-bond donors (Lipinski definition) is 3. The van der Waals surface area contributed by atoms with Crippen LogP contribution in [0.15, 0.2) is 54.6 Å². The van der Waals surface area contributed by atoms with Gasteiger partial charge in [-0.15, -0.1) is 0 Å². The van der Waals surface area contributed by atoms with Crippen molar-refractivity contribution in [1.29, 1.82) is 0 Å². The molecule has 2 rings (SSSR count). The predicted molar refractivity (Wildman–Crippen MR) is 70.0 cm³/mol. The van der Waals surface area contributed by atoms with Crippen molar-refractivity contribution in [3.05, 3.63) is 60.2 Å². The van der Waals surface area contributed by atoms with E-state index < -0.39 is 13.4 Å². The molecule has 0 saturated carbocycles. The van der Waals surface area contributed by atoms with Crippen molar-refractivity contribution in [2.75, 3.05) is 0 Å². The molecule has 1 atom stereocenters. The number of para-hydroxylation sites is 1. The predicted octanol–water partition coefficient (Wildman–Crippen LogP) is 2.65. The van der Waals surface area contributed by atoms with E-state index in [9.17, 15) is 9.67 Å². The average molecular weight is 280 g/mol. The highest BCUT2D eigenvalue weighted by molar-refractivity contribution is 7.51. The van der Waals surface area contributed by atoms with Crippen molar-refractivity contribution >= 4 is 7.60 Å². The second-order valence-corrected chi connectivity index (χ2v) is 5.62. The number of aliphatic hydroxyl groups is 1. The van der Waals surface area contributed by atoms with Crippen molar-refractivity contribution < 1.29 is 24.2 Å². The Kier molecular flexibility index (Phi) is 4.02. The van der Waals surface area contributed by atoms with Gasteiger partial charge in [-0.25, -0.2) is 0 Å². The summed E-state index contributed by atoms with van der Waals surface area (Å²) in [6.07, 6.45) is 0. The first-order valence-corrected chi connectivity index (χ1v) is 7.21. The maximum atomic E-state index is 11.0. The lowest BCUT2D eigenvalue weighted by atomic mass is 10.2. The van der Waals surface area contributed by atoms with Gasteiger partial charge >= 0.3 is 7.60 Å². The molecule has 0 spiro atoms. The molecule has 0 aromatic heterocycles. The molecule has 100 valence electrons. The van der Waals surface area contributed by atoms with E-state index >= 15 is 0 Å². The van der Waals surface area contributed by atoms with Crippen molar-refractivity contribution in [2.45, 2.75) is 5.85 Å². The largest absolute Gasteiger partial charge is 0.457 e. The third-order valence-corrected chi connectivity index (χ3v) is 3.39. The van der Waals surface area contributed by atoms with Gasteiger partial charge < -0.3 is 19.6 Å². The third kappa shape index (κ3) is 3.66. The SMILES string of the molecule is O=P(O)(O)[C@H](O)c1cccc(Oc2ccccc2)c1. The molecule has 2 aromatic rings. The zero-order valence-corrected chi connectivity index (χ0v) is 10.8. The number of ether oxygens (including phenoxy) is 1. The standard InChI is InChI=1S/C13H13O5P/c14-13(19(15,16)17)10-5-4-8-12(9-10)18-11-6-2-1-3-7-11/h1-9,13-14H,(H2,15,16,17)/t13-/m0/s1. The summed E-state index contributed by atoms with van der Waals surface area (Å²) in [5.41, 5.74) is 0.113. The molecule has 0 unspecified atom stereocenters.